The quantitative estimate of drug-likeness (QED) is 0.589. The third kappa shape index (κ3) is 4.15. The van der Waals surface area contributed by atoms with Crippen LogP contribution in [0.1, 0.15) is 16.1 Å². The molecular formula is C18H13ClFNO3S. The van der Waals surface area contributed by atoms with Crippen molar-refractivity contribution in [1.29, 1.82) is 0 Å². The van der Waals surface area contributed by atoms with E-state index >= 15 is 0 Å². The topological polar surface area (TPSA) is 48.4 Å². The minimum atomic E-state index is -0.569. The van der Waals surface area contributed by atoms with Gasteiger partial charge in [-0.2, -0.15) is 0 Å². The Labute approximate surface area is 152 Å². The fourth-order valence-electron chi connectivity index (χ4n) is 2.14. The van der Waals surface area contributed by atoms with Gasteiger partial charge in [0.2, 0.25) is 0 Å². The van der Waals surface area contributed by atoms with Crippen LogP contribution in [0.5, 0.6) is 5.75 Å². The summed E-state index contributed by atoms with van der Waals surface area (Å²) in [6.07, 6.45) is 0. The van der Waals surface area contributed by atoms with Crippen molar-refractivity contribution in [2.24, 2.45) is 0 Å². The van der Waals surface area contributed by atoms with Crippen LogP contribution in [0.4, 0.5) is 4.39 Å². The van der Waals surface area contributed by atoms with Crippen molar-refractivity contribution in [1.82, 2.24) is 4.98 Å². The van der Waals surface area contributed by atoms with Gasteiger partial charge in [-0.3, -0.25) is 0 Å². The number of hydrogen-bond donors (Lipinski definition) is 0. The summed E-state index contributed by atoms with van der Waals surface area (Å²) in [5, 5.41) is 2.89. The van der Waals surface area contributed by atoms with Gasteiger partial charge in [0.05, 0.1) is 7.11 Å². The van der Waals surface area contributed by atoms with Crippen molar-refractivity contribution in [3.05, 3.63) is 69.9 Å². The molecule has 128 valence electrons. The Kier molecular flexibility index (Phi) is 5.31. The summed E-state index contributed by atoms with van der Waals surface area (Å²) in [6.45, 7) is -0.0518. The zero-order chi connectivity index (χ0) is 17.8. The van der Waals surface area contributed by atoms with E-state index in [1.54, 1.807) is 23.6 Å². The number of ether oxygens (including phenoxy) is 2. The zero-order valence-corrected chi connectivity index (χ0v) is 14.7. The SMILES string of the molecule is COc1ccc(COC(=O)c2csc(-c3cccc(Cl)c3)n2)cc1F. The number of methoxy groups -OCH3 is 1. The first-order chi connectivity index (χ1) is 12.1. The van der Waals surface area contributed by atoms with Gasteiger partial charge in [-0.25, -0.2) is 14.2 Å². The molecule has 0 saturated heterocycles. The van der Waals surface area contributed by atoms with Gasteiger partial charge < -0.3 is 9.47 Å². The second-order valence-corrected chi connectivity index (χ2v) is 6.39. The lowest BCUT2D eigenvalue weighted by Crippen LogP contribution is -2.06. The second kappa shape index (κ2) is 7.63. The number of nitrogens with zero attached hydrogens (tertiary/aromatic N) is 1. The number of benzene rings is 2. The smallest absolute Gasteiger partial charge is 0.358 e. The molecule has 0 amide bonds. The number of carbonyl (C=O) groups is 1. The van der Waals surface area contributed by atoms with E-state index in [4.69, 9.17) is 21.1 Å². The molecule has 0 aliphatic heterocycles. The van der Waals surface area contributed by atoms with Crippen LogP contribution in [0.25, 0.3) is 10.6 Å². The van der Waals surface area contributed by atoms with Crippen LogP contribution < -0.4 is 4.74 Å². The van der Waals surface area contributed by atoms with Gasteiger partial charge in [-0.1, -0.05) is 29.8 Å². The molecule has 0 radical (unpaired) electrons. The summed E-state index contributed by atoms with van der Waals surface area (Å²) in [7, 11) is 1.39. The molecule has 3 rings (SSSR count). The van der Waals surface area contributed by atoms with Crippen LogP contribution in [0.15, 0.2) is 47.8 Å². The van der Waals surface area contributed by atoms with E-state index in [9.17, 15) is 9.18 Å². The number of carbonyl (C=O) groups excluding carboxylic acids is 1. The summed E-state index contributed by atoms with van der Waals surface area (Å²) in [6, 6.07) is 11.6. The summed E-state index contributed by atoms with van der Waals surface area (Å²) in [5.74, 6) is -0.936. The van der Waals surface area contributed by atoms with E-state index in [2.05, 4.69) is 4.98 Å². The van der Waals surface area contributed by atoms with Crippen LogP contribution in [0.3, 0.4) is 0 Å². The largest absolute Gasteiger partial charge is 0.494 e. The monoisotopic (exact) mass is 377 g/mol. The molecule has 0 unspecified atom stereocenters. The fourth-order valence-corrected chi connectivity index (χ4v) is 3.12. The first-order valence-corrected chi connectivity index (χ1v) is 8.53. The standard InChI is InChI=1S/C18H13ClFNO3S/c1-23-16-6-5-11(7-14(16)20)9-24-18(22)15-10-25-17(21-15)12-3-2-4-13(19)8-12/h2-8,10H,9H2,1H3. The normalized spacial score (nSPS) is 10.5. The Hall–Kier alpha value is -2.44. The summed E-state index contributed by atoms with van der Waals surface area (Å²) >= 11 is 7.28. The molecule has 0 atom stereocenters. The highest BCUT2D eigenvalue weighted by molar-refractivity contribution is 7.13. The van der Waals surface area contributed by atoms with Crippen molar-refractivity contribution < 1.29 is 18.7 Å². The van der Waals surface area contributed by atoms with Crippen molar-refractivity contribution >= 4 is 28.9 Å². The third-order valence-corrected chi connectivity index (χ3v) is 4.50. The molecule has 0 spiro atoms. The molecular weight excluding hydrogens is 365 g/mol. The van der Waals surface area contributed by atoms with Gasteiger partial charge in [0.1, 0.15) is 11.6 Å². The molecule has 1 heterocycles. The minimum absolute atomic E-state index is 0.0518. The van der Waals surface area contributed by atoms with Crippen molar-refractivity contribution in [3.8, 4) is 16.3 Å². The number of aromatic nitrogens is 1. The Bertz CT molecular complexity index is 913. The van der Waals surface area contributed by atoms with E-state index in [0.717, 1.165) is 5.56 Å². The van der Waals surface area contributed by atoms with Crippen LogP contribution in [0.2, 0.25) is 5.02 Å². The van der Waals surface area contributed by atoms with Gasteiger partial charge in [-0.05, 0) is 29.8 Å². The summed E-state index contributed by atoms with van der Waals surface area (Å²) in [5.41, 5.74) is 1.56. The number of rotatable bonds is 5. The second-order valence-electron chi connectivity index (χ2n) is 5.09. The zero-order valence-electron chi connectivity index (χ0n) is 13.2. The van der Waals surface area contributed by atoms with Crippen molar-refractivity contribution in [2.45, 2.75) is 6.61 Å². The van der Waals surface area contributed by atoms with Crippen LogP contribution in [0, 0.1) is 5.82 Å². The van der Waals surface area contributed by atoms with Crippen LogP contribution in [-0.2, 0) is 11.3 Å². The highest BCUT2D eigenvalue weighted by Gasteiger charge is 2.14. The van der Waals surface area contributed by atoms with Gasteiger partial charge in [0.25, 0.3) is 0 Å². The van der Waals surface area contributed by atoms with E-state index in [1.165, 1.54) is 30.6 Å². The predicted octanol–water partition coefficient (Wildman–Crippen LogP) is 4.97. The molecule has 0 aliphatic rings. The number of hydrogen-bond acceptors (Lipinski definition) is 5. The maximum absolute atomic E-state index is 13.6. The predicted molar refractivity (Wildman–Crippen MR) is 94.6 cm³/mol. The van der Waals surface area contributed by atoms with E-state index < -0.39 is 11.8 Å². The van der Waals surface area contributed by atoms with E-state index in [0.29, 0.717) is 15.6 Å². The summed E-state index contributed by atoms with van der Waals surface area (Å²) < 4.78 is 23.7. The van der Waals surface area contributed by atoms with E-state index in [1.807, 2.05) is 12.1 Å². The Balaban J connectivity index is 1.67. The van der Waals surface area contributed by atoms with Crippen molar-refractivity contribution in [2.75, 3.05) is 7.11 Å². The Morgan fingerprint density at radius 2 is 2.12 bits per heavy atom. The van der Waals surface area contributed by atoms with Gasteiger partial charge in [0, 0.05) is 16.0 Å². The highest BCUT2D eigenvalue weighted by Crippen LogP contribution is 2.26. The van der Waals surface area contributed by atoms with Gasteiger partial charge in [0.15, 0.2) is 17.3 Å². The lowest BCUT2D eigenvalue weighted by Gasteiger charge is -2.06. The average Bonchev–Trinajstić information content (AvgIpc) is 3.10. The lowest BCUT2D eigenvalue weighted by atomic mass is 10.2. The molecule has 0 fully saturated rings. The Morgan fingerprint density at radius 3 is 2.84 bits per heavy atom. The highest BCUT2D eigenvalue weighted by atomic mass is 35.5. The van der Waals surface area contributed by atoms with Crippen LogP contribution in [-0.4, -0.2) is 18.1 Å². The average molecular weight is 378 g/mol. The maximum atomic E-state index is 13.6. The number of thiazole rings is 1. The first kappa shape index (κ1) is 17.4. The number of halogens is 2. The molecule has 3 aromatic rings. The van der Waals surface area contributed by atoms with Crippen molar-refractivity contribution in [3.63, 3.8) is 0 Å². The molecule has 0 saturated carbocycles. The lowest BCUT2D eigenvalue weighted by molar-refractivity contribution is 0.0466. The molecule has 0 N–H and O–H groups in total. The minimum Gasteiger partial charge on any atom is -0.494 e. The van der Waals surface area contributed by atoms with Crippen LogP contribution >= 0.6 is 22.9 Å². The molecule has 0 aliphatic carbocycles. The third-order valence-electron chi connectivity index (χ3n) is 3.37. The molecule has 2 aromatic carbocycles. The molecule has 25 heavy (non-hydrogen) atoms. The van der Waals surface area contributed by atoms with Gasteiger partial charge in [-0.15, -0.1) is 11.3 Å². The number of esters is 1. The summed E-state index contributed by atoms with van der Waals surface area (Å²) in [4.78, 5) is 16.4. The molecule has 4 nitrogen and oxygen atoms in total. The molecule has 0 bridgehead atoms. The fraction of sp³-hybridized carbons (Fsp3) is 0.111. The Morgan fingerprint density at radius 1 is 1.28 bits per heavy atom. The molecule has 7 heteroatoms. The maximum Gasteiger partial charge on any atom is 0.358 e. The first-order valence-electron chi connectivity index (χ1n) is 7.28. The molecule has 1 aromatic heterocycles. The van der Waals surface area contributed by atoms with Gasteiger partial charge >= 0.3 is 5.97 Å². The van der Waals surface area contributed by atoms with E-state index in [-0.39, 0.29) is 18.1 Å².